The van der Waals surface area contributed by atoms with E-state index >= 15 is 0 Å². The van der Waals surface area contributed by atoms with Gasteiger partial charge in [-0.15, -0.1) is 0 Å². The molecule has 1 N–H and O–H groups in total. The van der Waals surface area contributed by atoms with E-state index in [0.717, 1.165) is 24.1 Å². The smallest absolute Gasteiger partial charge is 0.251 e. The highest BCUT2D eigenvalue weighted by molar-refractivity contribution is 5.94. The number of imidazole rings is 1. The van der Waals surface area contributed by atoms with E-state index in [1.807, 2.05) is 59.3 Å². The minimum Gasteiger partial charge on any atom is -0.352 e. The Kier molecular flexibility index (Phi) is 5.63. The first-order chi connectivity index (χ1) is 12.3. The van der Waals surface area contributed by atoms with Gasteiger partial charge in [-0.05, 0) is 36.8 Å². The second kappa shape index (κ2) is 8.51. The molecule has 0 aliphatic rings. The lowest BCUT2D eigenvalue weighted by Crippen LogP contribution is -2.25. The number of amides is 1. The van der Waals surface area contributed by atoms with Crippen LogP contribution in [0.4, 0.5) is 0 Å². The van der Waals surface area contributed by atoms with Gasteiger partial charge in [0.1, 0.15) is 0 Å². The van der Waals surface area contributed by atoms with E-state index in [1.165, 1.54) is 0 Å². The molecule has 25 heavy (non-hydrogen) atoms. The van der Waals surface area contributed by atoms with Crippen molar-refractivity contribution in [1.82, 2.24) is 14.9 Å². The zero-order valence-electron chi connectivity index (χ0n) is 13.9. The van der Waals surface area contributed by atoms with Gasteiger partial charge in [-0.2, -0.15) is 0 Å². The quantitative estimate of drug-likeness (QED) is 0.577. The molecule has 1 aromatic heterocycles. The third kappa shape index (κ3) is 5.08. The molecule has 0 unspecified atom stereocenters. The molecule has 0 aliphatic carbocycles. The summed E-state index contributed by atoms with van der Waals surface area (Å²) in [6.07, 6.45) is 6.30. The van der Waals surface area contributed by atoms with Crippen LogP contribution in [-0.2, 0) is 6.54 Å². The van der Waals surface area contributed by atoms with E-state index in [0.29, 0.717) is 12.1 Å². The number of carbonyl (C=O) groups is 1. The number of benzene rings is 2. The molecular formula is C21H19N3O. The Morgan fingerprint density at radius 2 is 1.84 bits per heavy atom. The van der Waals surface area contributed by atoms with Gasteiger partial charge < -0.3 is 9.88 Å². The molecule has 0 saturated carbocycles. The van der Waals surface area contributed by atoms with Gasteiger partial charge in [0.25, 0.3) is 5.91 Å². The Bertz CT molecular complexity index is 874. The monoisotopic (exact) mass is 329 g/mol. The fourth-order valence-corrected chi connectivity index (χ4v) is 2.39. The highest BCUT2D eigenvalue weighted by Crippen LogP contribution is 2.05. The van der Waals surface area contributed by atoms with E-state index < -0.39 is 0 Å². The molecule has 0 aliphatic heterocycles. The van der Waals surface area contributed by atoms with Gasteiger partial charge in [-0.1, -0.05) is 36.1 Å². The van der Waals surface area contributed by atoms with Crippen molar-refractivity contribution in [3.8, 4) is 11.8 Å². The minimum atomic E-state index is -0.0750. The summed E-state index contributed by atoms with van der Waals surface area (Å²) in [5, 5.41) is 2.94. The standard InChI is InChI=1S/C21H19N3O/c25-21(23-12-5-14-24-15-13-22-17-24)20-9-4-8-19(16-20)11-10-18-6-2-1-3-7-18/h1-4,6-9,13,15-17H,5,12,14H2,(H,23,25). The number of hydrogen-bond acceptors (Lipinski definition) is 2. The molecule has 1 heterocycles. The average Bonchev–Trinajstić information content (AvgIpc) is 3.18. The topological polar surface area (TPSA) is 46.9 Å². The molecule has 4 nitrogen and oxygen atoms in total. The molecule has 0 bridgehead atoms. The normalized spacial score (nSPS) is 9.92. The molecule has 2 aromatic carbocycles. The molecule has 0 spiro atoms. The number of aromatic nitrogens is 2. The van der Waals surface area contributed by atoms with Crippen molar-refractivity contribution < 1.29 is 4.79 Å². The predicted molar refractivity (Wildman–Crippen MR) is 98.0 cm³/mol. The maximum Gasteiger partial charge on any atom is 0.251 e. The summed E-state index contributed by atoms with van der Waals surface area (Å²) in [7, 11) is 0. The third-order valence-corrected chi connectivity index (χ3v) is 3.69. The van der Waals surface area contributed by atoms with Crippen LogP contribution in [0, 0.1) is 11.8 Å². The van der Waals surface area contributed by atoms with Gasteiger partial charge in [-0.3, -0.25) is 4.79 Å². The van der Waals surface area contributed by atoms with Gasteiger partial charge in [0, 0.05) is 42.2 Å². The van der Waals surface area contributed by atoms with Crippen molar-refractivity contribution in [3.63, 3.8) is 0 Å². The van der Waals surface area contributed by atoms with Crippen molar-refractivity contribution >= 4 is 5.91 Å². The Balaban J connectivity index is 1.55. The zero-order valence-corrected chi connectivity index (χ0v) is 13.9. The maximum absolute atomic E-state index is 12.3. The number of nitrogens with one attached hydrogen (secondary N) is 1. The highest BCUT2D eigenvalue weighted by atomic mass is 16.1. The van der Waals surface area contributed by atoms with Crippen LogP contribution in [0.1, 0.15) is 27.9 Å². The first kappa shape index (κ1) is 16.5. The number of aryl methyl sites for hydroxylation is 1. The second-order valence-corrected chi connectivity index (χ2v) is 5.61. The molecule has 4 heteroatoms. The van der Waals surface area contributed by atoms with Crippen molar-refractivity contribution in [2.75, 3.05) is 6.54 Å². The third-order valence-electron chi connectivity index (χ3n) is 3.69. The van der Waals surface area contributed by atoms with Crippen molar-refractivity contribution in [2.24, 2.45) is 0 Å². The molecule has 1 amide bonds. The van der Waals surface area contributed by atoms with Crippen LogP contribution in [0.2, 0.25) is 0 Å². The number of nitrogens with zero attached hydrogens (tertiary/aromatic N) is 2. The fourth-order valence-electron chi connectivity index (χ4n) is 2.39. The first-order valence-electron chi connectivity index (χ1n) is 8.22. The molecule has 3 rings (SSSR count). The summed E-state index contributed by atoms with van der Waals surface area (Å²) in [6, 6.07) is 17.2. The van der Waals surface area contributed by atoms with E-state index in [1.54, 1.807) is 18.6 Å². The first-order valence-corrected chi connectivity index (χ1v) is 8.22. The lowest BCUT2D eigenvalue weighted by atomic mass is 10.1. The van der Waals surface area contributed by atoms with Crippen molar-refractivity contribution in [3.05, 3.63) is 90.0 Å². The summed E-state index contributed by atoms with van der Waals surface area (Å²) < 4.78 is 1.99. The van der Waals surface area contributed by atoms with Crippen LogP contribution in [0.3, 0.4) is 0 Å². The number of hydrogen-bond donors (Lipinski definition) is 1. The molecule has 124 valence electrons. The van der Waals surface area contributed by atoms with E-state index in [9.17, 15) is 4.79 Å². The van der Waals surface area contributed by atoms with E-state index in [-0.39, 0.29) is 5.91 Å². The van der Waals surface area contributed by atoms with E-state index in [4.69, 9.17) is 0 Å². The summed E-state index contributed by atoms with van der Waals surface area (Å²) in [5.41, 5.74) is 2.41. The molecule has 0 saturated heterocycles. The average molecular weight is 329 g/mol. The maximum atomic E-state index is 12.3. The Hall–Kier alpha value is -3.32. The predicted octanol–water partition coefficient (Wildman–Crippen LogP) is 3.10. The number of rotatable bonds is 5. The van der Waals surface area contributed by atoms with E-state index in [2.05, 4.69) is 22.1 Å². The zero-order chi connectivity index (χ0) is 17.3. The van der Waals surface area contributed by atoms with Gasteiger partial charge >= 0.3 is 0 Å². The SMILES string of the molecule is O=C(NCCCn1ccnc1)c1cccc(C#Cc2ccccc2)c1. The van der Waals surface area contributed by atoms with Crippen molar-refractivity contribution in [1.29, 1.82) is 0 Å². The summed E-state index contributed by atoms with van der Waals surface area (Å²) in [4.78, 5) is 16.2. The largest absolute Gasteiger partial charge is 0.352 e. The highest BCUT2D eigenvalue weighted by Gasteiger charge is 2.04. The lowest BCUT2D eigenvalue weighted by Gasteiger charge is -2.06. The molecule has 0 radical (unpaired) electrons. The Morgan fingerprint density at radius 1 is 1.04 bits per heavy atom. The Morgan fingerprint density at radius 3 is 2.64 bits per heavy atom. The Labute approximate surface area is 147 Å². The molecule has 0 atom stereocenters. The second-order valence-electron chi connectivity index (χ2n) is 5.61. The van der Waals surface area contributed by atoms with Crippen LogP contribution in [-0.4, -0.2) is 22.0 Å². The summed E-state index contributed by atoms with van der Waals surface area (Å²) >= 11 is 0. The fraction of sp³-hybridized carbons (Fsp3) is 0.143. The van der Waals surface area contributed by atoms with Gasteiger partial charge in [-0.25, -0.2) is 4.98 Å². The molecule has 0 fully saturated rings. The van der Waals surface area contributed by atoms with Crippen LogP contribution >= 0.6 is 0 Å². The molecule has 3 aromatic rings. The number of carbonyl (C=O) groups excluding carboxylic acids is 1. The molecular weight excluding hydrogens is 310 g/mol. The van der Waals surface area contributed by atoms with Gasteiger partial charge in [0.15, 0.2) is 0 Å². The lowest BCUT2D eigenvalue weighted by molar-refractivity contribution is 0.0952. The van der Waals surface area contributed by atoms with Crippen molar-refractivity contribution in [2.45, 2.75) is 13.0 Å². The van der Waals surface area contributed by atoms with Gasteiger partial charge in [0.05, 0.1) is 6.33 Å². The summed E-state index contributed by atoms with van der Waals surface area (Å²) in [5.74, 6) is 6.13. The van der Waals surface area contributed by atoms with Crippen LogP contribution in [0.25, 0.3) is 0 Å². The van der Waals surface area contributed by atoms with Crippen LogP contribution in [0.15, 0.2) is 73.3 Å². The van der Waals surface area contributed by atoms with Crippen LogP contribution < -0.4 is 5.32 Å². The van der Waals surface area contributed by atoms with Crippen LogP contribution in [0.5, 0.6) is 0 Å². The summed E-state index contributed by atoms with van der Waals surface area (Å²) in [6.45, 7) is 1.46. The minimum absolute atomic E-state index is 0.0750. The van der Waals surface area contributed by atoms with Gasteiger partial charge in [0.2, 0.25) is 0 Å².